The summed E-state index contributed by atoms with van der Waals surface area (Å²) in [7, 11) is 1.61. The molecule has 1 aliphatic heterocycles. The lowest BCUT2D eigenvalue weighted by molar-refractivity contribution is 0.0622. The van der Waals surface area contributed by atoms with E-state index >= 15 is 0 Å². The zero-order valence-electron chi connectivity index (χ0n) is 12.9. The zero-order chi connectivity index (χ0) is 15.4. The third-order valence-corrected chi connectivity index (χ3v) is 4.38. The SMILES string of the molecule is COc1ccc(Br)c(C(=O)N2CCN(CC(C)C)CC2)c1. The molecule has 0 N–H and O–H groups in total. The molecule has 1 aromatic rings. The maximum atomic E-state index is 12.6. The predicted molar refractivity (Wildman–Crippen MR) is 87.9 cm³/mol. The second kappa shape index (κ2) is 7.27. The topological polar surface area (TPSA) is 32.8 Å². The maximum Gasteiger partial charge on any atom is 0.255 e. The largest absolute Gasteiger partial charge is 0.497 e. The van der Waals surface area contributed by atoms with E-state index in [2.05, 4.69) is 34.7 Å². The lowest BCUT2D eigenvalue weighted by atomic mass is 10.1. The number of nitrogens with zero attached hydrogens (tertiary/aromatic N) is 2. The molecule has 1 saturated heterocycles. The Labute approximate surface area is 135 Å². The number of ether oxygens (including phenoxy) is 1. The first-order valence-electron chi connectivity index (χ1n) is 7.36. The van der Waals surface area contributed by atoms with Gasteiger partial charge in [-0.15, -0.1) is 0 Å². The Morgan fingerprint density at radius 3 is 2.52 bits per heavy atom. The Kier molecular flexibility index (Phi) is 5.65. The van der Waals surface area contributed by atoms with Crippen molar-refractivity contribution in [1.82, 2.24) is 9.80 Å². The summed E-state index contributed by atoms with van der Waals surface area (Å²) in [4.78, 5) is 17.0. The molecule has 0 atom stereocenters. The molecule has 0 radical (unpaired) electrons. The molecular weight excluding hydrogens is 332 g/mol. The Balaban J connectivity index is 2.02. The molecule has 21 heavy (non-hydrogen) atoms. The number of piperazine rings is 1. The minimum absolute atomic E-state index is 0.0740. The highest BCUT2D eigenvalue weighted by atomic mass is 79.9. The molecule has 0 spiro atoms. The summed E-state index contributed by atoms with van der Waals surface area (Å²) >= 11 is 3.46. The minimum atomic E-state index is 0.0740. The number of benzene rings is 1. The standard InChI is InChI=1S/C16H23BrN2O2/c1-12(2)11-18-6-8-19(9-7-18)16(20)14-10-13(21-3)4-5-15(14)17/h4-5,10,12H,6-9,11H2,1-3H3. The van der Waals surface area contributed by atoms with Gasteiger partial charge in [0.2, 0.25) is 0 Å². The van der Waals surface area contributed by atoms with E-state index in [0.29, 0.717) is 17.2 Å². The molecule has 0 saturated carbocycles. The van der Waals surface area contributed by atoms with Crippen molar-refractivity contribution in [2.45, 2.75) is 13.8 Å². The van der Waals surface area contributed by atoms with Crippen LogP contribution in [-0.4, -0.2) is 55.5 Å². The Morgan fingerprint density at radius 1 is 1.29 bits per heavy atom. The molecule has 1 aliphatic rings. The number of methoxy groups -OCH3 is 1. The number of carbonyl (C=O) groups excluding carboxylic acids is 1. The van der Waals surface area contributed by atoms with Crippen molar-refractivity contribution in [3.63, 3.8) is 0 Å². The number of halogens is 1. The lowest BCUT2D eigenvalue weighted by Gasteiger charge is -2.35. The van der Waals surface area contributed by atoms with Crippen molar-refractivity contribution in [3.05, 3.63) is 28.2 Å². The summed E-state index contributed by atoms with van der Waals surface area (Å²) in [6.45, 7) is 9.03. The van der Waals surface area contributed by atoms with Crippen LogP contribution < -0.4 is 4.74 Å². The fourth-order valence-electron chi connectivity index (χ4n) is 2.62. The highest BCUT2D eigenvalue weighted by molar-refractivity contribution is 9.10. The van der Waals surface area contributed by atoms with E-state index in [4.69, 9.17) is 4.74 Å². The van der Waals surface area contributed by atoms with Crippen LogP contribution >= 0.6 is 15.9 Å². The van der Waals surface area contributed by atoms with E-state index < -0.39 is 0 Å². The number of carbonyl (C=O) groups is 1. The molecule has 1 aromatic carbocycles. The van der Waals surface area contributed by atoms with Crippen molar-refractivity contribution in [2.24, 2.45) is 5.92 Å². The van der Waals surface area contributed by atoms with Crippen LogP contribution in [0.15, 0.2) is 22.7 Å². The van der Waals surface area contributed by atoms with Gasteiger partial charge in [0.05, 0.1) is 12.7 Å². The van der Waals surface area contributed by atoms with E-state index in [-0.39, 0.29) is 5.91 Å². The van der Waals surface area contributed by atoms with Gasteiger partial charge in [0, 0.05) is 37.2 Å². The lowest BCUT2D eigenvalue weighted by Crippen LogP contribution is -2.49. The molecule has 0 aromatic heterocycles. The smallest absolute Gasteiger partial charge is 0.255 e. The average molecular weight is 355 g/mol. The molecule has 0 bridgehead atoms. The van der Waals surface area contributed by atoms with Crippen molar-refractivity contribution < 1.29 is 9.53 Å². The van der Waals surface area contributed by atoms with Crippen LogP contribution in [0.5, 0.6) is 5.75 Å². The average Bonchev–Trinajstić information content (AvgIpc) is 2.47. The second-order valence-corrected chi connectivity index (χ2v) is 6.69. The van der Waals surface area contributed by atoms with Crippen molar-refractivity contribution >= 4 is 21.8 Å². The van der Waals surface area contributed by atoms with Crippen LogP contribution in [0.25, 0.3) is 0 Å². The van der Waals surface area contributed by atoms with Gasteiger partial charge in [-0.3, -0.25) is 9.69 Å². The van der Waals surface area contributed by atoms with Crippen LogP contribution in [0.2, 0.25) is 0 Å². The molecule has 5 heteroatoms. The Morgan fingerprint density at radius 2 is 1.95 bits per heavy atom. The van der Waals surface area contributed by atoms with E-state index in [1.165, 1.54) is 0 Å². The molecule has 1 amide bonds. The summed E-state index contributed by atoms with van der Waals surface area (Å²) in [6.07, 6.45) is 0. The maximum absolute atomic E-state index is 12.6. The fourth-order valence-corrected chi connectivity index (χ4v) is 3.03. The first kappa shape index (κ1) is 16.3. The fraction of sp³-hybridized carbons (Fsp3) is 0.562. The number of hydrogen-bond acceptors (Lipinski definition) is 3. The van der Waals surface area contributed by atoms with E-state index in [1.807, 2.05) is 17.0 Å². The molecule has 1 heterocycles. The Hall–Kier alpha value is -1.07. The summed E-state index contributed by atoms with van der Waals surface area (Å²) in [5.41, 5.74) is 0.673. The van der Waals surface area contributed by atoms with E-state index in [1.54, 1.807) is 13.2 Å². The monoisotopic (exact) mass is 354 g/mol. The van der Waals surface area contributed by atoms with Crippen molar-refractivity contribution in [1.29, 1.82) is 0 Å². The molecule has 0 unspecified atom stereocenters. The first-order chi connectivity index (χ1) is 10.0. The highest BCUT2D eigenvalue weighted by Crippen LogP contribution is 2.24. The van der Waals surface area contributed by atoms with Gasteiger partial charge in [-0.05, 0) is 40.0 Å². The van der Waals surface area contributed by atoms with E-state index in [0.717, 1.165) is 37.2 Å². The van der Waals surface area contributed by atoms with Gasteiger partial charge < -0.3 is 9.64 Å². The molecule has 116 valence electrons. The summed E-state index contributed by atoms with van der Waals surface area (Å²) in [5, 5.41) is 0. The molecule has 4 nitrogen and oxygen atoms in total. The Bertz CT molecular complexity index is 497. The van der Waals surface area contributed by atoms with E-state index in [9.17, 15) is 4.79 Å². The van der Waals surface area contributed by atoms with Crippen LogP contribution in [0, 0.1) is 5.92 Å². The number of amides is 1. The van der Waals surface area contributed by atoms with Gasteiger partial charge in [0.15, 0.2) is 0 Å². The number of rotatable bonds is 4. The molecular formula is C16H23BrN2O2. The first-order valence-corrected chi connectivity index (χ1v) is 8.15. The second-order valence-electron chi connectivity index (χ2n) is 5.83. The highest BCUT2D eigenvalue weighted by Gasteiger charge is 2.24. The third-order valence-electron chi connectivity index (χ3n) is 3.69. The predicted octanol–water partition coefficient (Wildman–Crippen LogP) is 2.87. The molecule has 2 rings (SSSR count). The normalized spacial score (nSPS) is 16.3. The van der Waals surface area contributed by atoms with Crippen molar-refractivity contribution in [2.75, 3.05) is 39.8 Å². The van der Waals surface area contributed by atoms with Crippen molar-refractivity contribution in [3.8, 4) is 5.75 Å². The van der Waals surface area contributed by atoms with Crippen LogP contribution in [0.1, 0.15) is 24.2 Å². The zero-order valence-corrected chi connectivity index (χ0v) is 14.5. The summed E-state index contributed by atoms with van der Waals surface area (Å²) in [5.74, 6) is 1.45. The van der Waals surface area contributed by atoms with Crippen LogP contribution in [-0.2, 0) is 0 Å². The summed E-state index contributed by atoms with van der Waals surface area (Å²) < 4.78 is 6.03. The quantitative estimate of drug-likeness (QED) is 0.833. The van der Waals surface area contributed by atoms with Gasteiger partial charge in [0.25, 0.3) is 5.91 Å². The minimum Gasteiger partial charge on any atom is -0.497 e. The van der Waals surface area contributed by atoms with Gasteiger partial charge in [-0.25, -0.2) is 0 Å². The molecule has 1 fully saturated rings. The van der Waals surface area contributed by atoms with Gasteiger partial charge in [-0.2, -0.15) is 0 Å². The third kappa shape index (κ3) is 4.20. The summed E-state index contributed by atoms with van der Waals surface area (Å²) in [6, 6.07) is 5.51. The van der Waals surface area contributed by atoms with Gasteiger partial charge >= 0.3 is 0 Å². The number of hydrogen-bond donors (Lipinski definition) is 0. The van der Waals surface area contributed by atoms with Gasteiger partial charge in [-0.1, -0.05) is 13.8 Å². The van der Waals surface area contributed by atoms with Gasteiger partial charge in [0.1, 0.15) is 5.75 Å². The van der Waals surface area contributed by atoms with Crippen LogP contribution in [0.3, 0.4) is 0 Å². The van der Waals surface area contributed by atoms with Crippen LogP contribution in [0.4, 0.5) is 0 Å². The molecule has 0 aliphatic carbocycles.